The highest BCUT2D eigenvalue weighted by atomic mass is 32.2. The van der Waals surface area contributed by atoms with Crippen LogP contribution >= 0.6 is 0 Å². The summed E-state index contributed by atoms with van der Waals surface area (Å²) < 4.78 is 31.4. The second-order valence-electron chi connectivity index (χ2n) is 4.75. The standard InChI is InChI=1S/C12H13NO5S/c1-7-12(2,6-11(14)15)9-5-8(19(16,17)18)3-4-10(9)13-7/h3-5H,6H2,1-2H3,(H,14,15)(H,16,17,18). The SMILES string of the molecule is CC1=Nc2ccc(S(=O)(=O)O)cc2C1(C)CC(=O)O. The zero-order valence-corrected chi connectivity index (χ0v) is 11.2. The third-order valence-corrected chi connectivity index (χ3v) is 4.30. The van der Waals surface area contributed by atoms with E-state index in [2.05, 4.69) is 4.99 Å². The molecule has 0 aromatic heterocycles. The first kappa shape index (κ1) is 13.7. The van der Waals surface area contributed by atoms with Crippen LogP contribution in [-0.4, -0.2) is 29.8 Å². The molecular weight excluding hydrogens is 270 g/mol. The van der Waals surface area contributed by atoms with Gasteiger partial charge in [-0.1, -0.05) is 0 Å². The maximum absolute atomic E-state index is 11.1. The second-order valence-corrected chi connectivity index (χ2v) is 6.18. The molecular formula is C12H13NO5S. The van der Waals surface area contributed by atoms with E-state index >= 15 is 0 Å². The van der Waals surface area contributed by atoms with Gasteiger partial charge in [0.05, 0.1) is 17.0 Å². The van der Waals surface area contributed by atoms with Crippen LogP contribution < -0.4 is 0 Å². The molecule has 7 heteroatoms. The molecule has 19 heavy (non-hydrogen) atoms. The summed E-state index contributed by atoms with van der Waals surface area (Å²) in [5.74, 6) is -0.998. The summed E-state index contributed by atoms with van der Waals surface area (Å²) in [7, 11) is -4.32. The van der Waals surface area contributed by atoms with E-state index in [1.165, 1.54) is 18.2 Å². The number of benzene rings is 1. The van der Waals surface area contributed by atoms with Gasteiger partial charge in [0.2, 0.25) is 0 Å². The summed E-state index contributed by atoms with van der Waals surface area (Å²) in [6, 6.07) is 4.00. The van der Waals surface area contributed by atoms with Crippen LogP contribution in [0.25, 0.3) is 0 Å². The van der Waals surface area contributed by atoms with Crippen molar-refractivity contribution in [1.29, 1.82) is 0 Å². The highest BCUT2D eigenvalue weighted by Gasteiger charge is 2.39. The Kier molecular flexibility index (Phi) is 2.98. The Hall–Kier alpha value is -1.73. The number of aliphatic imine (C=N–C) groups is 1. The lowest BCUT2D eigenvalue weighted by molar-refractivity contribution is -0.137. The molecule has 2 rings (SSSR count). The monoisotopic (exact) mass is 283 g/mol. The number of carboxylic acid groups (broad SMARTS) is 1. The lowest BCUT2D eigenvalue weighted by Gasteiger charge is -2.24. The van der Waals surface area contributed by atoms with Gasteiger partial charge >= 0.3 is 5.97 Å². The normalized spacial score (nSPS) is 21.9. The van der Waals surface area contributed by atoms with E-state index in [1.54, 1.807) is 13.8 Å². The van der Waals surface area contributed by atoms with Gasteiger partial charge in [-0.15, -0.1) is 0 Å². The molecule has 0 bridgehead atoms. The van der Waals surface area contributed by atoms with Crippen molar-refractivity contribution in [3.63, 3.8) is 0 Å². The van der Waals surface area contributed by atoms with Gasteiger partial charge in [-0.2, -0.15) is 8.42 Å². The molecule has 6 nitrogen and oxygen atoms in total. The quantitative estimate of drug-likeness (QED) is 0.823. The van der Waals surface area contributed by atoms with Crippen molar-refractivity contribution in [2.24, 2.45) is 4.99 Å². The molecule has 1 aliphatic heterocycles. The largest absolute Gasteiger partial charge is 0.481 e. The minimum atomic E-state index is -4.32. The number of hydrogen-bond acceptors (Lipinski definition) is 4. The maximum Gasteiger partial charge on any atom is 0.304 e. The van der Waals surface area contributed by atoms with Crippen LogP contribution in [0, 0.1) is 0 Å². The van der Waals surface area contributed by atoms with E-state index in [0.29, 0.717) is 17.0 Å². The van der Waals surface area contributed by atoms with Gasteiger partial charge in [-0.3, -0.25) is 14.3 Å². The molecule has 1 heterocycles. The molecule has 1 unspecified atom stereocenters. The topological polar surface area (TPSA) is 104 Å². The molecule has 1 aromatic rings. The van der Waals surface area contributed by atoms with Gasteiger partial charge in [0.1, 0.15) is 0 Å². The number of aliphatic carboxylic acids is 1. The van der Waals surface area contributed by atoms with Crippen molar-refractivity contribution >= 4 is 27.5 Å². The molecule has 0 fully saturated rings. The van der Waals surface area contributed by atoms with E-state index in [0.717, 1.165) is 0 Å². The molecule has 0 saturated heterocycles. The third kappa shape index (κ3) is 2.26. The van der Waals surface area contributed by atoms with Crippen LogP contribution in [-0.2, 0) is 20.3 Å². The van der Waals surface area contributed by atoms with Gasteiger partial charge in [0, 0.05) is 11.1 Å². The predicted octanol–water partition coefficient (Wildman–Crippen LogP) is 1.77. The van der Waals surface area contributed by atoms with Crippen molar-refractivity contribution in [2.75, 3.05) is 0 Å². The Morgan fingerprint density at radius 3 is 2.58 bits per heavy atom. The van der Waals surface area contributed by atoms with E-state index in [-0.39, 0.29) is 11.3 Å². The first-order valence-corrected chi connectivity index (χ1v) is 6.98. The van der Waals surface area contributed by atoms with Crippen molar-refractivity contribution in [2.45, 2.75) is 30.6 Å². The Labute approximate surface area is 110 Å². The Bertz CT molecular complexity index is 692. The Morgan fingerprint density at radius 2 is 2.05 bits per heavy atom. The van der Waals surface area contributed by atoms with Crippen LogP contribution in [0.1, 0.15) is 25.8 Å². The molecule has 2 N–H and O–H groups in total. The van der Waals surface area contributed by atoms with E-state index in [4.69, 9.17) is 9.66 Å². The van der Waals surface area contributed by atoms with Crippen LogP contribution in [0.3, 0.4) is 0 Å². The fourth-order valence-electron chi connectivity index (χ4n) is 2.24. The summed E-state index contributed by atoms with van der Waals surface area (Å²) in [5, 5.41) is 8.99. The highest BCUT2D eigenvalue weighted by Crippen LogP contribution is 2.43. The van der Waals surface area contributed by atoms with Gasteiger partial charge in [0.25, 0.3) is 10.1 Å². The number of fused-ring (bicyclic) bond motifs is 1. The first-order chi connectivity index (χ1) is 8.64. The van der Waals surface area contributed by atoms with Gasteiger partial charge in [-0.05, 0) is 37.6 Å². The van der Waals surface area contributed by atoms with Crippen LogP contribution in [0.5, 0.6) is 0 Å². The van der Waals surface area contributed by atoms with Gasteiger partial charge < -0.3 is 5.11 Å². The number of carbonyl (C=O) groups is 1. The number of rotatable bonds is 3. The van der Waals surface area contributed by atoms with Gasteiger partial charge in [-0.25, -0.2) is 0 Å². The molecule has 102 valence electrons. The first-order valence-electron chi connectivity index (χ1n) is 5.54. The predicted molar refractivity (Wildman–Crippen MR) is 68.6 cm³/mol. The van der Waals surface area contributed by atoms with Crippen molar-refractivity contribution in [3.8, 4) is 0 Å². The smallest absolute Gasteiger partial charge is 0.304 e. The summed E-state index contributed by atoms with van der Waals surface area (Å²) in [5.41, 5.74) is 0.788. The van der Waals surface area contributed by atoms with Crippen LogP contribution in [0.4, 0.5) is 5.69 Å². The average molecular weight is 283 g/mol. The van der Waals surface area contributed by atoms with E-state index < -0.39 is 21.5 Å². The Balaban J connectivity index is 2.61. The van der Waals surface area contributed by atoms with Crippen molar-refractivity contribution < 1.29 is 22.9 Å². The molecule has 0 amide bonds. The molecule has 0 radical (unpaired) electrons. The lowest BCUT2D eigenvalue weighted by Crippen LogP contribution is -2.30. The van der Waals surface area contributed by atoms with Crippen molar-refractivity contribution in [1.82, 2.24) is 0 Å². The molecule has 1 atom stereocenters. The minimum Gasteiger partial charge on any atom is -0.481 e. The minimum absolute atomic E-state index is 0.190. The molecule has 0 saturated carbocycles. The van der Waals surface area contributed by atoms with Crippen LogP contribution in [0.15, 0.2) is 28.1 Å². The molecule has 0 aliphatic carbocycles. The van der Waals surface area contributed by atoms with Crippen molar-refractivity contribution in [3.05, 3.63) is 23.8 Å². The maximum atomic E-state index is 11.1. The molecule has 1 aromatic carbocycles. The second kappa shape index (κ2) is 4.14. The molecule has 0 spiro atoms. The number of carboxylic acids is 1. The molecule has 1 aliphatic rings. The fraction of sp³-hybridized carbons (Fsp3) is 0.333. The summed E-state index contributed by atoms with van der Waals surface area (Å²) in [6.45, 7) is 3.40. The Morgan fingerprint density at radius 1 is 1.42 bits per heavy atom. The summed E-state index contributed by atoms with van der Waals surface area (Å²) in [6.07, 6.45) is -0.190. The van der Waals surface area contributed by atoms with Gasteiger partial charge in [0.15, 0.2) is 0 Å². The zero-order chi connectivity index (χ0) is 14.4. The summed E-state index contributed by atoms with van der Waals surface area (Å²) in [4.78, 5) is 15.0. The van der Waals surface area contributed by atoms with Crippen LogP contribution in [0.2, 0.25) is 0 Å². The third-order valence-electron chi connectivity index (χ3n) is 3.45. The number of hydrogen-bond donors (Lipinski definition) is 2. The highest BCUT2D eigenvalue weighted by molar-refractivity contribution is 7.85. The van der Waals surface area contributed by atoms with E-state index in [1.807, 2.05) is 0 Å². The zero-order valence-electron chi connectivity index (χ0n) is 10.4. The lowest BCUT2D eigenvalue weighted by atomic mass is 9.77. The fourth-order valence-corrected chi connectivity index (χ4v) is 2.75. The number of nitrogens with zero attached hydrogens (tertiary/aromatic N) is 1. The summed E-state index contributed by atoms with van der Waals surface area (Å²) >= 11 is 0. The average Bonchev–Trinajstić information content (AvgIpc) is 2.49. The van der Waals surface area contributed by atoms with E-state index in [9.17, 15) is 13.2 Å².